The topological polar surface area (TPSA) is 111 Å². The molecule has 3 aromatic rings. The van der Waals surface area contributed by atoms with Crippen LogP contribution in [0.5, 0.6) is 5.75 Å². The highest BCUT2D eigenvalue weighted by Gasteiger charge is 2.13. The maximum absolute atomic E-state index is 12.5. The SMILES string of the molecule is CN(C)C(=O)c1ccc(C(=O)Nc2ccc(C[C@@H](CO)NC[C@H](O)COc3ccccc3)cc2)cc1. The van der Waals surface area contributed by atoms with Gasteiger partial charge in [-0.15, -0.1) is 0 Å². The molecular formula is C28H33N3O5. The molecule has 3 aromatic carbocycles. The zero-order chi connectivity index (χ0) is 25.9. The van der Waals surface area contributed by atoms with E-state index in [2.05, 4.69) is 10.6 Å². The second-order valence-corrected chi connectivity index (χ2v) is 8.70. The number of carbonyl (C=O) groups is 2. The predicted molar refractivity (Wildman–Crippen MR) is 139 cm³/mol. The number of aliphatic hydroxyl groups excluding tert-OH is 2. The van der Waals surface area contributed by atoms with Crippen LogP contribution in [0.25, 0.3) is 0 Å². The number of nitrogens with zero attached hydrogens (tertiary/aromatic N) is 1. The van der Waals surface area contributed by atoms with E-state index in [-0.39, 0.29) is 37.6 Å². The standard InChI is InChI=1S/C28H33N3O5/c1-31(2)28(35)22-12-10-21(11-13-22)27(34)30-23-14-8-20(9-15-23)16-24(18-32)29-17-25(33)19-36-26-6-4-3-5-7-26/h3-15,24-25,29,32-33H,16-19H2,1-2H3,(H,30,34)/t24-,25-/m0/s1. The molecule has 2 atom stereocenters. The number of ether oxygens (including phenoxy) is 1. The summed E-state index contributed by atoms with van der Waals surface area (Å²) in [6, 6.07) is 22.9. The van der Waals surface area contributed by atoms with Gasteiger partial charge >= 0.3 is 0 Å². The lowest BCUT2D eigenvalue weighted by molar-refractivity contribution is 0.0827. The van der Waals surface area contributed by atoms with Crippen molar-refractivity contribution in [3.05, 3.63) is 95.6 Å². The fourth-order valence-corrected chi connectivity index (χ4v) is 3.51. The average Bonchev–Trinajstić information content (AvgIpc) is 2.91. The number of nitrogens with one attached hydrogen (secondary N) is 2. The van der Waals surface area contributed by atoms with E-state index in [1.54, 1.807) is 50.5 Å². The molecule has 0 saturated heterocycles. The number of para-hydroxylation sites is 1. The summed E-state index contributed by atoms with van der Waals surface area (Å²) in [5.74, 6) is 0.301. The Morgan fingerprint density at radius 2 is 1.56 bits per heavy atom. The second-order valence-electron chi connectivity index (χ2n) is 8.70. The van der Waals surface area contributed by atoms with Crippen molar-refractivity contribution in [3.8, 4) is 5.75 Å². The molecule has 3 rings (SSSR count). The van der Waals surface area contributed by atoms with Crippen molar-refractivity contribution in [2.24, 2.45) is 0 Å². The third-order valence-electron chi connectivity index (χ3n) is 5.54. The number of benzene rings is 3. The molecule has 4 N–H and O–H groups in total. The van der Waals surface area contributed by atoms with Gasteiger partial charge < -0.3 is 30.5 Å². The van der Waals surface area contributed by atoms with Crippen molar-refractivity contribution in [2.45, 2.75) is 18.6 Å². The molecule has 0 aliphatic rings. The van der Waals surface area contributed by atoms with Crippen molar-refractivity contribution in [1.29, 1.82) is 0 Å². The van der Waals surface area contributed by atoms with Crippen LogP contribution >= 0.6 is 0 Å². The Kier molecular flexibility index (Phi) is 10.00. The van der Waals surface area contributed by atoms with Gasteiger partial charge in [0.2, 0.25) is 0 Å². The summed E-state index contributed by atoms with van der Waals surface area (Å²) >= 11 is 0. The Balaban J connectivity index is 1.46. The molecule has 0 radical (unpaired) electrons. The summed E-state index contributed by atoms with van der Waals surface area (Å²) in [4.78, 5) is 26.0. The molecule has 2 amide bonds. The van der Waals surface area contributed by atoms with Crippen LogP contribution in [-0.4, -0.2) is 72.9 Å². The first-order valence-corrected chi connectivity index (χ1v) is 11.8. The third kappa shape index (κ3) is 8.20. The van der Waals surface area contributed by atoms with E-state index >= 15 is 0 Å². The minimum Gasteiger partial charge on any atom is -0.491 e. The highest BCUT2D eigenvalue weighted by atomic mass is 16.5. The number of amides is 2. The summed E-state index contributed by atoms with van der Waals surface area (Å²) in [6.07, 6.45) is -0.162. The van der Waals surface area contributed by atoms with Gasteiger partial charge in [-0.3, -0.25) is 9.59 Å². The van der Waals surface area contributed by atoms with Gasteiger partial charge in [-0.05, 0) is 60.5 Å². The van der Waals surface area contributed by atoms with E-state index in [4.69, 9.17) is 4.74 Å². The van der Waals surface area contributed by atoms with Crippen LogP contribution in [0.3, 0.4) is 0 Å². The molecule has 0 fully saturated rings. The Labute approximate surface area is 211 Å². The van der Waals surface area contributed by atoms with Gasteiger partial charge in [-0.1, -0.05) is 30.3 Å². The number of aliphatic hydroxyl groups is 2. The van der Waals surface area contributed by atoms with Gasteiger partial charge in [-0.2, -0.15) is 0 Å². The smallest absolute Gasteiger partial charge is 0.255 e. The van der Waals surface area contributed by atoms with Gasteiger partial charge in [0.1, 0.15) is 18.5 Å². The maximum Gasteiger partial charge on any atom is 0.255 e. The first-order valence-electron chi connectivity index (χ1n) is 11.8. The molecular weight excluding hydrogens is 458 g/mol. The summed E-state index contributed by atoms with van der Waals surface area (Å²) in [5.41, 5.74) is 2.58. The fourth-order valence-electron chi connectivity index (χ4n) is 3.51. The lowest BCUT2D eigenvalue weighted by atomic mass is 10.1. The number of hydrogen-bond donors (Lipinski definition) is 4. The highest BCUT2D eigenvalue weighted by Crippen LogP contribution is 2.14. The number of carbonyl (C=O) groups excluding carboxylic acids is 2. The molecule has 8 heteroatoms. The largest absolute Gasteiger partial charge is 0.491 e. The minimum absolute atomic E-state index is 0.0862. The van der Waals surface area contributed by atoms with Crippen molar-refractivity contribution in [3.63, 3.8) is 0 Å². The monoisotopic (exact) mass is 491 g/mol. The quantitative estimate of drug-likeness (QED) is 0.310. The van der Waals surface area contributed by atoms with Crippen LogP contribution in [0.2, 0.25) is 0 Å². The summed E-state index contributed by atoms with van der Waals surface area (Å²) < 4.78 is 5.55. The van der Waals surface area contributed by atoms with Crippen LogP contribution in [-0.2, 0) is 6.42 Å². The Bertz CT molecular complexity index is 1100. The molecule has 0 aromatic heterocycles. The van der Waals surface area contributed by atoms with Crippen molar-refractivity contribution >= 4 is 17.5 Å². The van der Waals surface area contributed by atoms with E-state index < -0.39 is 6.10 Å². The first kappa shape index (κ1) is 26.9. The number of anilines is 1. The number of hydrogen-bond acceptors (Lipinski definition) is 6. The van der Waals surface area contributed by atoms with Crippen molar-refractivity contribution in [1.82, 2.24) is 10.2 Å². The summed E-state index contributed by atoms with van der Waals surface area (Å²) in [5, 5.41) is 25.9. The molecule has 0 spiro atoms. The van der Waals surface area contributed by atoms with Crippen LogP contribution < -0.4 is 15.4 Å². The van der Waals surface area contributed by atoms with Crippen molar-refractivity contribution in [2.75, 3.05) is 39.2 Å². The average molecular weight is 492 g/mol. The van der Waals surface area contributed by atoms with E-state index in [9.17, 15) is 19.8 Å². The molecule has 0 heterocycles. The molecule has 0 aliphatic carbocycles. The molecule has 190 valence electrons. The molecule has 0 unspecified atom stereocenters. The Morgan fingerprint density at radius 3 is 2.17 bits per heavy atom. The number of rotatable bonds is 12. The van der Waals surface area contributed by atoms with Crippen LogP contribution in [0, 0.1) is 0 Å². The van der Waals surface area contributed by atoms with Gasteiger partial charge in [0.25, 0.3) is 11.8 Å². The van der Waals surface area contributed by atoms with Crippen molar-refractivity contribution < 1.29 is 24.5 Å². The van der Waals surface area contributed by atoms with Gasteiger partial charge in [0.15, 0.2) is 0 Å². The third-order valence-corrected chi connectivity index (χ3v) is 5.54. The zero-order valence-electron chi connectivity index (χ0n) is 20.6. The molecule has 36 heavy (non-hydrogen) atoms. The summed E-state index contributed by atoms with van der Waals surface area (Å²) in [6.45, 7) is 0.348. The lowest BCUT2D eigenvalue weighted by Gasteiger charge is -2.19. The maximum atomic E-state index is 12.5. The van der Waals surface area contributed by atoms with E-state index in [0.717, 1.165) is 5.56 Å². The normalized spacial score (nSPS) is 12.4. The Morgan fingerprint density at radius 1 is 0.917 bits per heavy atom. The van der Waals surface area contributed by atoms with Gasteiger partial charge in [-0.25, -0.2) is 0 Å². The molecule has 8 nitrogen and oxygen atoms in total. The first-order chi connectivity index (χ1) is 17.4. The Hall–Kier alpha value is -3.72. The zero-order valence-corrected chi connectivity index (χ0v) is 20.6. The summed E-state index contributed by atoms with van der Waals surface area (Å²) in [7, 11) is 3.36. The fraction of sp³-hybridized carbons (Fsp3) is 0.286. The van der Waals surface area contributed by atoms with Crippen LogP contribution in [0.1, 0.15) is 26.3 Å². The molecule has 0 saturated carbocycles. The molecule has 0 aliphatic heterocycles. The van der Waals surface area contributed by atoms with E-state index in [0.29, 0.717) is 29.0 Å². The van der Waals surface area contributed by atoms with Crippen LogP contribution in [0.15, 0.2) is 78.9 Å². The second kappa shape index (κ2) is 13.4. The predicted octanol–water partition coefficient (Wildman–Crippen LogP) is 2.57. The molecule has 0 bridgehead atoms. The lowest BCUT2D eigenvalue weighted by Crippen LogP contribution is -2.41. The van der Waals surface area contributed by atoms with E-state index in [1.165, 1.54) is 4.90 Å². The minimum atomic E-state index is -0.716. The van der Waals surface area contributed by atoms with Gasteiger partial charge in [0, 0.05) is 43.5 Å². The van der Waals surface area contributed by atoms with Crippen LogP contribution in [0.4, 0.5) is 5.69 Å². The van der Waals surface area contributed by atoms with Gasteiger partial charge in [0.05, 0.1) is 6.61 Å². The van der Waals surface area contributed by atoms with E-state index in [1.807, 2.05) is 42.5 Å². The highest BCUT2D eigenvalue weighted by molar-refractivity contribution is 6.05.